The molecule has 8 nitrogen and oxygen atoms in total. The van der Waals surface area contributed by atoms with Crippen LogP contribution in [0.1, 0.15) is 27.7 Å². The summed E-state index contributed by atoms with van der Waals surface area (Å²) in [6.07, 6.45) is -0.276. The molecule has 1 heterocycles. The number of nitrogens with zero attached hydrogens (tertiary/aromatic N) is 1. The summed E-state index contributed by atoms with van der Waals surface area (Å²) in [5.41, 5.74) is 5.22. The number of anilines is 1. The monoisotopic (exact) mass is 311 g/mol. The van der Waals surface area contributed by atoms with E-state index in [0.29, 0.717) is 0 Å². The molecule has 0 saturated heterocycles. The lowest BCUT2D eigenvalue weighted by Crippen LogP contribution is -2.51. The highest BCUT2D eigenvalue weighted by Gasteiger charge is 2.30. The van der Waals surface area contributed by atoms with Crippen molar-refractivity contribution in [2.45, 2.75) is 45.4 Å². The van der Waals surface area contributed by atoms with Crippen molar-refractivity contribution in [3.05, 3.63) is 18.3 Å². The van der Waals surface area contributed by atoms with Crippen molar-refractivity contribution in [2.75, 3.05) is 5.73 Å². The van der Waals surface area contributed by atoms with Gasteiger partial charge in [0.15, 0.2) is 6.04 Å². The first-order chi connectivity index (χ1) is 10.1. The molecule has 0 radical (unpaired) electrons. The summed E-state index contributed by atoms with van der Waals surface area (Å²) in [7, 11) is 0. The first-order valence-corrected chi connectivity index (χ1v) is 6.69. The number of nitrogens with one attached hydrogen (secondary N) is 1. The normalized spacial score (nSPS) is 13.8. The van der Waals surface area contributed by atoms with Crippen LogP contribution in [-0.4, -0.2) is 39.9 Å². The molecule has 1 aromatic rings. The Morgan fingerprint density at radius 1 is 1.41 bits per heavy atom. The molecule has 8 heteroatoms. The summed E-state index contributed by atoms with van der Waals surface area (Å²) in [5, 5.41) is 11.5. The molecule has 22 heavy (non-hydrogen) atoms. The van der Waals surface area contributed by atoms with Crippen LogP contribution >= 0.6 is 0 Å². The Morgan fingerprint density at radius 3 is 2.55 bits per heavy atom. The minimum absolute atomic E-state index is 0.104. The van der Waals surface area contributed by atoms with Gasteiger partial charge in [-0.15, -0.1) is 0 Å². The number of hydrogen-bond donors (Lipinski definition) is 3. The fourth-order valence-electron chi connectivity index (χ4n) is 1.56. The first-order valence-electron chi connectivity index (χ1n) is 6.69. The van der Waals surface area contributed by atoms with E-state index in [2.05, 4.69) is 10.3 Å². The topological polar surface area (TPSA) is 124 Å². The molecule has 0 aliphatic rings. The highest BCUT2D eigenvalue weighted by molar-refractivity contribution is 5.80. The minimum atomic E-state index is -1.31. The SMILES string of the molecule is C[C@@H](Oc1ncccc1N)[C@H](NC(=O)OC(C)(C)C)C(=O)O. The summed E-state index contributed by atoms with van der Waals surface area (Å²) < 4.78 is 10.4. The third-order valence-corrected chi connectivity index (χ3v) is 2.51. The van der Waals surface area contributed by atoms with Gasteiger partial charge in [-0.2, -0.15) is 0 Å². The van der Waals surface area contributed by atoms with E-state index in [-0.39, 0.29) is 11.6 Å². The second kappa shape index (κ2) is 6.97. The number of pyridine rings is 1. The van der Waals surface area contributed by atoms with Crippen LogP contribution in [0.3, 0.4) is 0 Å². The maximum Gasteiger partial charge on any atom is 0.408 e. The third-order valence-electron chi connectivity index (χ3n) is 2.51. The Labute approximate surface area is 128 Å². The predicted molar refractivity (Wildman–Crippen MR) is 79.5 cm³/mol. The molecule has 0 spiro atoms. The number of carboxylic acids is 1. The highest BCUT2D eigenvalue weighted by Crippen LogP contribution is 2.18. The van der Waals surface area contributed by atoms with Crippen LogP contribution in [0.5, 0.6) is 5.88 Å². The summed E-state index contributed by atoms with van der Waals surface area (Å²) in [4.78, 5) is 26.9. The molecular formula is C14H21N3O5. The second-order valence-corrected chi connectivity index (χ2v) is 5.68. The quantitative estimate of drug-likeness (QED) is 0.751. The van der Waals surface area contributed by atoms with Gasteiger partial charge in [0.25, 0.3) is 0 Å². The van der Waals surface area contributed by atoms with Crippen molar-refractivity contribution < 1.29 is 24.2 Å². The zero-order chi connectivity index (χ0) is 16.9. The Hall–Kier alpha value is -2.51. The number of ether oxygens (including phenoxy) is 2. The smallest absolute Gasteiger partial charge is 0.408 e. The van der Waals surface area contributed by atoms with Crippen LogP contribution in [0.25, 0.3) is 0 Å². The van der Waals surface area contributed by atoms with Crippen LogP contribution < -0.4 is 15.8 Å². The Balaban J connectivity index is 2.76. The standard InChI is InChI=1S/C14H21N3O5/c1-8(21-11-9(15)6-5-7-16-11)10(12(18)19)17-13(20)22-14(2,3)4/h5-8,10H,15H2,1-4H3,(H,17,20)(H,18,19)/t8-,10+/m1/s1. The number of aromatic nitrogens is 1. The van der Waals surface area contributed by atoms with Crippen LogP contribution in [0.2, 0.25) is 0 Å². The summed E-state index contributed by atoms with van der Waals surface area (Å²) in [5.74, 6) is -1.15. The molecule has 0 saturated carbocycles. The lowest BCUT2D eigenvalue weighted by molar-refractivity contribution is -0.141. The zero-order valence-electron chi connectivity index (χ0n) is 13.0. The highest BCUT2D eigenvalue weighted by atomic mass is 16.6. The largest absolute Gasteiger partial charge is 0.480 e. The molecule has 4 N–H and O–H groups in total. The maximum atomic E-state index is 11.7. The van der Waals surface area contributed by atoms with Gasteiger partial charge in [0.1, 0.15) is 11.7 Å². The molecule has 1 rings (SSSR count). The van der Waals surface area contributed by atoms with E-state index in [1.54, 1.807) is 32.9 Å². The van der Waals surface area contributed by atoms with E-state index in [1.165, 1.54) is 13.1 Å². The Morgan fingerprint density at radius 2 is 2.05 bits per heavy atom. The van der Waals surface area contributed by atoms with Gasteiger partial charge >= 0.3 is 12.1 Å². The van der Waals surface area contributed by atoms with Crippen molar-refractivity contribution in [3.8, 4) is 5.88 Å². The zero-order valence-corrected chi connectivity index (χ0v) is 13.0. The van der Waals surface area contributed by atoms with Crippen LogP contribution in [-0.2, 0) is 9.53 Å². The summed E-state index contributed by atoms with van der Waals surface area (Å²) in [6.45, 7) is 6.52. The minimum Gasteiger partial charge on any atom is -0.480 e. The molecule has 2 atom stereocenters. The molecule has 0 unspecified atom stereocenters. The molecule has 0 aliphatic heterocycles. The number of amides is 1. The molecule has 0 aromatic carbocycles. The molecule has 1 amide bonds. The molecular weight excluding hydrogens is 290 g/mol. The average Bonchev–Trinajstić information content (AvgIpc) is 2.36. The van der Waals surface area contributed by atoms with Gasteiger partial charge in [0.2, 0.25) is 5.88 Å². The second-order valence-electron chi connectivity index (χ2n) is 5.68. The Kier molecular flexibility index (Phi) is 5.56. The van der Waals surface area contributed by atoms with Gasteiger partial charge in [-0.1, -0.05) is 0 Å². The van der Waals surface area contributed by atoms with E-state index in [4.69, 9.17) is 15.2 Å². The van der Waals surface area contributed by atoms with E-state index in [0.717, 1.165) is 0 Å². The molecule has 122 valence electrons. The van der Waals surface area contributed by atoms with Crippen molar-refractivity contribution in [2.24, 2.45) is 0 Å². The third kappa shape index (κ3) is 5.47. The van der Waals surface area contributed by atoms with Gasteiger partial charge < -0.3 is 25.6 Å². The average molecular weight is 311 g/mol. The van der Waals surface area contributed by atoms with E-state index < -0.39 is 29.8 Å². The van der Waals surface area contributed by atoms with Crippen molar-refractivity contribution in [1.29, 1.82) is 0 Å². The number of rotatable bonds is 5. The van der Waals surface area contributed by atoms with Gasteiger partial charge in [0, 0.05) is 6.20 Å². The van der Waals surface area contributed by atoms with Gasteiger partial charge in [-0.25, -0.2) is 14.6 Å². The van der Waals surface area contributed by atoms with Crippen molar-refractivity contribution in [1.82, 2.24) is 10.3 Å². The predicted octanol–water partition coefficient (Wildman–Crippen LogP) is 1.41. The van der Waals surface area contributed by atoms with E-state index >= 15 is 0 Å². The van der Waals surface area contributed by atoms with Crippen molar-refractivity contribution >= 4 is 17.7 Å². The summed E-state index contributed by atoms with van der Waals surface area (Å²) >= 11 is 0. The van der Waals surface area contributed by atoms with Crippen LogP contribution in [0, 0.1) is 0 Å². The maximum absolute atomic E-state index is 11.7. The fraction of sp³-hybridized carbons (Fsp3) is 0.500. The number of nitrogen functional groups attached to an aromatic ring is 1. The van der Waals surface area contributed by atoms with Gasteiger partial charge in [-0.05, 0) is 39.8 Å². The molecule has 1 aromatic heterocycles. The first kappa shape index (κ1) is 17.5. The number of alkyl carbamates (subject to hydrolysis) is 1. The number of carbonyl (C=O) groups excluding carboxylic acids is 1. The molecule has 0 fully saturated rings. The van der Waals surface area contributed by atoms with E-state index in [1.807, 2.05) is 0 Å². The Bertz CT molecular complexity index is 542. The number of nitrogens with two attached hydrogens (primary N) is 1. The van der Waals surface area contributed by atoms with E-state index in [9.17, 15) is 14.7 Å². The van der Waals surface area contributed by atoms with Gasteiger partial charge in [0.05, 0.1) is 5.69 Å². The number of hydrogen-bond acceptors (Lipinski definition) is 6. The lowest BCUT2D eigenvalue weighted by Gasteiger charge is -2.25. The number of carboxylic acid groups (broad SMARTS) is 1. The molecule has 0 bridgehead atoms. The van der Waals surface area contributed by atoms with Crippen LogP contribution in [0.4, 0.5) is 10.5 Å². The number of aliphatic carboxylic acids is 1. The summed E-state index contributed by atoms with van der Waals surface area (Å²) in [6, 6.07) is 1.89. The van der Waals surface area contributed by atoms with Crippen LogP contribution in [0.15, 0.2) is 18.3 Å². The molecule has 0 aliphatic carbocycles. The van der Waals surface area contributed by atoms with Gasteiger partial charge in [-0.3, -0.25) is 0 Å². The lowest BCUT2D eigenvalue weighted by atomic mass is 10.2. The number of carbonyl (C=O) groups is 2. The van der Waals surface area contributed by atoms with Crippen molar-refractivity contribution in [3.63, 3.8) is 0 Å². The fourth-order valence-corrected chi connectivity index (χ4v) is 1.56.